The van der Waals surface area contributed by atoms with Crippen LogP contribution in [0.1, 0.15) is 45.6 Å². The lowest BCUT2D eigenvalue weighted by molar-refractivity contribution is 0.331. The smallest absolute Gasteiger partial charge is 0.159 e. The van der Waals surface area contributed by atoms with Crippen LogP contribution in [0.3, 0.4) is 0 Å². The Labute approximate surface area is 115 Å². The van der Waals surface area contributed by atoms with E-state index in [1.165, 1.54) is 12.1 Å². The number of hydrogen-bond acceptors (Lipinski definition) is 1. The van der Waals surface area contributed by atoms with E-state index >= 15 is 0 Å². The fourth-order valence-electron chi connectivity index (χ4n) is 2.51. The van der Waals surface area contributed by atoms with E-state index in [2.05, 4.69) is 26.1 Å². The minimum absolute atomic E-state index is 0.333. The summed E-state index contributed by atoms with van der Waals surface area (Å²) in [6.45, 7) is 7.46. The van der Waals surface area contributed by atoms with E-state index in [4.69, 9.17) is 0 Å². The van der Waals surface area contributed by atoms with Crippen LogP contribution in [0.4, 0.5) is 8.78 Å². The second kappa shape index (κ2) is 8.26. The molecule has 0 aliphatic carbocycles. The lowest BCUT2D eigenvalue weighted by Gasteiger charge is -2.26. The summed E-state index contributed by atoms with van der Waals surface area (Å²) in [5.74, 6) is -0.958. The molecule has 1 aromatic carbocycles. The van der Waals surface area contributed by atoms with Gasteiger partial charge in [-0.3, -0.25) is 0 Å². The molecule has 0 radical (unpaired) electrons. The minimum Gasteiger partial charge on any atom is -0.313 e. The number of halogens is 2. The summed E-state index contributed by atoms with van der Waals surface area (Å²) in [7, 11) is 0. The van der Waals surface area contributed by atoms with Crippen LogP contribution in [-0.2, 0) is 6.42 Å². The van der Waals surface area contributed by atoms with E-state index in [1.54, 1.807) is 6.07 Å². The second-order valence-electron chi connectivity index (χ2n) is 5.09. The summed E-state index contributed by atoms with van der Waals surface area (Å²) in [4.78, 5) is 0. The van der Waals surface area contributed by atoms with Crippen LogP contribution in [0.2, 0.25) is 0 Å². The highest BCUT2D eigenvalue weighted by atomic mass is 19.2. The minimum atomic E-state index is -0.774. The Hall–Kier alpha value is -0.960. The summed E-state index contributed by atoms with van der Waals surface area (Å²) in [6, 6.07) is 4.55. The van der Waals surface area contributed by atoms with Crippen molar-refractivity contribution in [2.45, 2.75) is 52.5 Å². The maximum atomic E-state index is 13.3. The maximum absolute atomic E-state index is 13.3. The molecule has 0 aliphatic rings. The monoisotopic (exact) mass is 269 g/mol. The zero-order valence-corrected chi connectivity index (χ0v) is 12.2. The lowest BCUT2D eigenvalue weighted by atomic mass is 9.89. The third kappa shape index (κ3) is 4.90. The van der Waals surface area contributed by atoms with Crippen molar-refractivity contribution in [3.8, 4) is 0 Å². The first-order valence-corrected chi connectivity index (χ1v) is 7.29. The Morgan fingerprint density at radius 3 is 2.26 bits per heavy atom. The van der Waals surface area contributed by atoms with Gasteiger partial charge in [-0.05, 0) is 43.0 Å². The average Bonchev–Trinajstić information content (AvgIpc) is 2.41. The van der Waals surface area contributed by atoms with Gasteiger partial charge in [0.2, 0.25) is 0 Å². The SMILES string of the molecule is CCCNC(Cc1ccc(F)c(F)c1)C(CC)CC. The van der Waals surface area contributed by atoms with Crippen molar-refractivity contribution in [2.24, 2.45) is 5.92 Å². The molecule has 108 valence electrons. The third-order valence-corrected chi connectivity index (χ3v) is 3.71. The van der Waals surface area contributed by atoms with Gasteiger partial charge >= 0.3 is 0 Å². The van der Waals surface area contributed by atoms with Crippen LogP contribution < -0.4 is 5.32 Å². The lowest BCUT2D eigenvalue weighted by Crippen LogP contribution is -2.38. The average molecular weight is 269 g/mol. The summed E-state index contributed by atoms with van der Waals surface area (Å²) in [6.07, 6.45) is 4.03. The van der Waals surface area contributed by atoms with Gasteiger partial charge in [0.25, 0.3) is 0 Å². The predicted molar refractivity (Wildman–Crippen MR) is 76.2 cm³/mol. The predicted octanol–water partition coefficient (Wildman–Crippen LogP) is 4.31. The molecule has 1 rings (SSSR count). The second-order valence-corrected chi connectivity index (χ2v) is 5.09. The van der Waals surface area contributed by atoms with Crippen molar-refractivity contribution >= 4 is 0 Å². The number of nitrogens with one attached hydrogen (secondary N) is 1. The molecule has 0 bridgehead atoms. The largest absolute Gasteiger partial charge is 0.313 e. The fourth-order valence-corrected chi connectivity index (χ4v) is 2.51. The van der Waals surface area contributed by atoms with E-state index in [1.807, 2.05) is 0 Å². The van der Waals surface area contributed by atoms with E-state index < -0.39 is 11.6 Å². The van der Waals surface area contributed by atoms with Crippen LogP contribution in [0.15, 0.2) is 18.2 Å². The van der Waals surface area contributed by atoms with Gasteiger partial charge in [-0.2, -0.15) is 0 Å². The van der Waals surface area contributed by atoms with Gasteiger partial charge < -0.3 is 5.32 Å². The summed E-state index contributed by atoms with van der Waals surface area (Å²) < 4.78 is 26.2. The fraction of sp³-hybridized carbons (Fsp3) is 0.625. The first-order chi connectivity index (χ1) is 9.12. The Bertz CT molecular complexity index is 375. The van der Waals surface area contributed by atoms with Crippen LogP contribution in [0, 0.1) is 17.6 Å². The summed E-state index contributed by atoms with van der Waals surface area (Å²) in [5.41, 5.74) is 0.861. The molecule has 0 saturated carbocycles. The Morgan fingerprint density at radius 2 is 1.74 bits per heavy atom. The number of rotatable bonds is 8. The van der Waals surface area contributed by atoms with Crippen molar-refractivity contribution < 1.29 is 8.78 Å². The molecule has 1 atom stereocenters. The molecule has 19 heavy (non-hydrogen) atoms. The summed E-state index contributed by atoms with van der Waals surface area (Å²) >= 11 is 0. The molecular weight excluding hydrogens is 244 g/mol. The van der Waals surface area contributed by atoms with E-state index in [0.717, 1.165) is 37.8 Å². The summed E-state index contributed by atoms with van der Waals surface area (Å²) in [5, 5.41) is 3.54. The van der Waals surface area contributed by atoms with E-state index in [9.17, 15) is 8.78 Å². The molecule has 0 aromatic heterocycles. The molecule has 0 fully saturated rings. The van der Waals surface area contributed by atoms with E-state index in [-0.39, 0.29) is 0 Å². The zero-order chi connectivity index (χ0) is 14.3. The molecule has 1 N–H and O–H groups in total. The molecule has 3 heteroatoms. The van der Waals surface area contributed by atoms with Gasteiger partial charge in [0, 0.05) is 6.04 Å². The molecule has 0 aliphatic heterocycles. The van der Waals surface area contributed by atoms with Crippen molar-refractivity contribution in [3.05, 3.63) is 35.4 Å². The highest BCUT2D eigenvalue weighted by Gasteiger charge is 2.18. The molecule has 0 saturated heterocycles. The quantitative estimate of drug-likeness (QED) is 0.741. The van der Waals surface area contributed by atoms with Crippen molar-refractivity contribution in [2.75, 3.05) is 6.54 Å². The molecule has 1 nitrogen and oxygen atoms in total. The van der Waals surface area contributed by atoms with Crippen LogP contribution >= 0.6 is 0 Å². The molecule has 1 unspecified atom stereocenters. The van der Waals surface area contributed by atoms with Gasteiger partial charge in [-0.1, -0.05) is 39.7 Å². The Balaban J connectivity index is 2.77. The van der Waals surface area contributed by atoms with Gasteiger partial charge in [0.05, 0.1) is 0 Å². The van der Waals surface area contributed by atoms with Crippen LogP contribution in [0.5, 0.6) is 0 Å². The van der Waals surface area contributed by atoms with Crippen molar-refractivity contribution in [1.82, 2.24) is 5.32 Å². The van der Waals surface area contributed by atoms with Crippen LogP contribution in [0.25, 0.3) is 0 Å². The normalized spacial score (nSPS) is 12.9. The molecule has 0 spiro atoms. The first kappa shape index (κ1) is 16.1. The highest BCUT2D eigenvalue weighted by Crippen LogP contribution is 2.19. The topological polar surface area (TPSA) is 12.0 Å². The van der Waals surface area contributed by atoms with Crippen molar-refractivity contribution in [1.29, 1.82) is 0 Å². The van der Waals surface area contributed by atoms with Crippen LogP contribution in [-0.4, -0.2) is 12.6 Å². The standard InChI is InChI=1S/C16H25F2N/c1-4-9-19-16(13(5-2)6-3)11-12-7-8-14(17)15(18)10-12/h7-8,10,13,16,19H,4-6,9,11H2,1-3H3. The van der Waals surface area contributed by atoms with Gasteiger partial charge in [0.15, 0.2) is 11.6 Å². The molecular formula is C16H25F2N. The Morgan fingerprint density at radius 1 is 1.05 bits per heavy atom. The first-order valence-electron chi connectivity index (χ1n) is 7.29. The maximum Gasteiger partial charge on any atom is 0.159 e. The Kier molecular flexibility index (Phi) is 7.00. The third-order valence-electron chi connectivity index (χ3n) is 3.71. The molecule has 0 amide bonds. The van der Waals surface area contributed by atoms with Gasteiger partial charge in [-0.15, -0.1) is 0 Å². The number of hydrogen-bond donors (Lipinski definition) is 1. The van der Waals surface area contributed by atoms with Gasteiger partial charge in [-0.25, -0.2) is 8.78 Å². The molecule has 0 heterocycles. The van der Waals surface area contributed by atoms with Crippen molar-refractivity contribution in [3.63, 3.8) is 0 Å². The number of benzene rings is 1. The van der Waals surface area contributed by atoms with Gasteiger partial charge in [0.1, 0.15) is 0 Å². The highest BCUT2D eigenvalue weighted by molar-refractivity contribution is 5.19. The zero-order valence-electron chi connectivity index (χ0n) is 12.2. The molecule has 1 aromatic rings. The van der Waals surface area contributed by atoms with E-state index in [0.29, 0.717) is 12.0 Å².